The van der Waals surface area contributed by atoms with E-state index in [0.29, 0.717) is 12.5 Å². The molecule has 100 valence electrons. The lowest BCUT2D eigenvalue weighted by molar-refractivity contribution is -0.127. The van der Waals surface area contributed by atoms with Crippen LogP contribution in [0.2, 0.25) is 0 Å². The fourth-order valence-electron chi connectivity index (χ4n) is 1.58. The molecule has 1 aromatic rings. The first-order valence-corrected chi connectivity index (χ1v) is 7.44. The predicted octanol–water partition coefficient (Wildman–Crippen LogP) is 3.92. The molecule has 0 fully saturated rings. The molecule has 0 aliphatic heterocycles. The van der Waals surface area contributed by atoms with E-state index in [9.17, 15) is 4.79 Å². The number of carbonyl (C=O) groups is 1. The summed E-state index contributed by atoms with van der Waals surface area (Å²) in [6, 6.07) is 4.06. The summed E-state index contributed by atoms with van der Waals surface area (Å²) in [6.07, 6.45) is 3.30. The third-order valence-corrected chi connectivity index (χ3v) is 3.33. The maximum absolute atomic E-state index is 12.1. The highest BCUT2D eigenvalue weighted by molar-refractivity contribution is 7.09. The molecule has 1 heterocycles. The van der Waals surface area contributed by atoms with Crippen molar-refractivity contribution in [2.45, 2.75) is 32.7 Å². The van der Waals surface area contributed by atoms with Crippen LogP contribution in [0.4, 0.5) is 0 Å². The van der Waals surface area contributed by atoms with E-state index in [1.807, 2.05) is 23.3 Å². The van der Waals surface area contributed by atoms with Gasteiger partial charge in [0.05, 0.1) is 6.54 Å². The minimum absolute atomic E-state index is 0.0320. The molecular weight excluding hydrogens is 266 g/mol. The Morgan fingerprint density at radius 3 is 2.72 bits per heavy atom. The second kappa shape index (κ2) is 7.59. The van der Waals surface area contributed by atoms with Crippen LogP contribution in [-0.2, 0) is 11.3 Å². The van der Waals surface area contributed by atoms with Crippen LogP contribution in [0.3, 0.4) is 0 Å². The number of halogens is 1. The van der Waals surface area contributed by atoms with Crippen LogP contribution in [0.15, 0.2) is 29.7 Å². The van der Waals surface area contributed by atoms with Gasteiger partial charge in [0.2, 0.25) is 5.91 Å². The van der Waals surface area contributed by atoms with E-state index in [-0.39, 0.29) is 11.3 Å². The van der Waals surface area contributed by atoms with E-state index < -0.39 is 0 Å². The lowest BCUT2D eigenvalue weighted by atomic mass is 10.2. The van der Waals surface area contributed by atoms with Crippen LogP contribution in [0.25, 0.3) is 0 Å². The third kappa shape index (κ3) is 5.69. The molecule has 2 nitrogen and oxygen atoms in total. The summed E-state index contributed by atoms with van der Waals surface area (Å²) >= 11 is 7.50. The summed E-state index contributed by atoms with van der Waals surface area (Å²) in [5.41, 5.74) is 0. The molecule has 18 heavy (non-hydrogen) atoms. The number of alkyl halides is 1. The molecule has 4 heteroatoms. The molecule has 0 saturated carbocycles. The monoisotopic (exact) mass is 285 g/mol. The summed E-state index contributed by atoms with van der Waals surface area (Å²) in [5.74, 6) is 0.486. The van der Waals surface area contributed by atoms with Crippen molar-refractivity contribution in [3.05, 3.63) is 34.5 Å². The zero-order chi connectivity index (χ0) is 13.5. The molecule has 0 aliphatic rings. The number of allylic oxidation sites excluding steroid dienone is 1. The average molecular weight is 286 g/mol. The summed E-state index contributed by atoms with van der Waals surface area (Å²) in [5, 5.41) is 1.92. The van der Waals surface area contributed by atoms with Crippen LogP contribution < -0.4 is 0 Å². The van der Waals surface area contributed by atoms with Crippen molar-refractivity contribution in [3.8, 4) is 0 Å². The van der Waals surface area contributed by atoms with Gasteiger partial charge in [0.1, 0.15) is 0 Å². The summed E-state index contributed by atoms with van der Waals surface area (Å²) < 4.78 is 0. The van der Waals surface area contributed by atoms with Crippen molar-refractivity contribution in [3.63, 3.8) is 0 Å². The first kappa shape index (κ1) is 15.3. The van der Waals surface area contributed by atoms with E-state index in [4.69, 9.17) is 11.6 Å². The van der Waals surface area contributed by atoms with Crippen molar-refractivity contribution in [1.29, 1.82) is 0 Å². The molecule has 0 bridgehead atoms. The number of thiophene rings is 1. The van der Waals surface area contributed by atoms with E-state index in [0.717, 1.165) is 6.54 Å². The van der Waals surface area contributed by atoms with Crippen LogP contribution in [0.5, 0.6) is 0 Å². The number of hydrogen-bond donors (Lipinski definition) is 0. The molecule has 0 saturated heterocycles. The number of nitrogens with zero attached hydrogens (tertiary/aromatic N) is 1. The lowest BCUT2D eigenvalue weighted by Gasteiger charge is -2.22. The van der Waals surface area contributed by atoms with Gasteiger partial charge in [-0.1, -0.05) is 26.0 Å². The first-order chi connectivity index (χ1) is 8.49. The molecule has 0 aromatic carbocycles. The van der Waals surface area contributed by atoms with Crippen molar-refractivity contribution < 1.29 is 4.79 Å². The zero-order valence-corrected chi connectivity index (χ0v) is 12.7. The Balaban J connectivity index is 2.68. The lowest BCUT2D eigenvalue weighted by Crippen LogP contribution is -2.32. The van der Waals surface area contributed by atoms with E-state index in [1.54, 1.807) is 23.5 Å². The molecule has 1 rings (SSSR count). The second-order valence-corrected chi connectivity index (χ2v) is 6.45. The summed E-state index contributed by atoms with van der Waals surface area (Å²) in [7, 11) is 0. The Kier molecular flexibility index (Phi) is 6.44. The Morgan fingerprint density at radius 1 is 1.50 bits per heavy atom. The molecule has 1 unspecified atom stereocenters. The van der Waals surface area contributed by atoms with E-state index in [1.165, 1.54) is 4.88 Å². The van der Waals surface area contributed by atoms with Gasteiger partial charge in [-0.3, -0.25) is 4.79 Å². The van der Waals surface area contributed by atoms with E-state index in [2.05, 4.69) is 19.9 Å². The molecule has 1 aromatic heterocycles. The highest BCUT2D eigenvalue weighted by Gasteiger charge is 2.13. The smallest absolute Gasteiger partial charge is 0.246 e. The topological polar surface area (TPSA) is 20.3 Å². The van der Waals surface area contributed by atoms with Crippen molar-refractivity contribution in [2.24, 2.45) is 5.92 Å². The van der Waals surface area contributed by atoms with Gasteiger partial charge >= 0.3 is 0 Å². The maximum atomic E-state index is 12.1. The summed E-state index contributed by atoms with van der Waals surface area (Å²) in [4.78, 5) is 15.2. The second-order valence-electron chi connectivity index (χ2n) is 4.73. The highest BCUT2D eigenvalue weighted by Crippen LogP contribution is 2.13. The fraction of sp³-hybridized carbons (Fsp3) is 0.500. The third-order valence-electron chi connectivity index (χ3n) is 2.33. The zero-order valence-electron chi connectivity index (χ0n) is 11.1. The van der Waals surface area contributed by atoms with Gasteiger partial charge in [0, 0.05) is 22.9 Å². The largest absolute Gasteiger partial charge is 0.334 e. The number of rotatable bonds is 6. The van der Waals surface area contributed by atoms with Gasteiger partial charge < -0.3 is 4.90 Å². The maximum Gasteiger partial charge on any atom is 0.246 e. The normalized spacial score (nSPS) is 13.2. The van der Waals surface area contributed by atoms with Gasteiger partial charge in [0.15, 0.2) is 0 Å². The molecule has 0 spiro atoms. The molecular formula is C14H20ClNOS. The molecule has 1 amide bonds. The van der Waals surface area contributed by atoms with Crippen molar-refractivity contribution >= 4 is 28.8 Å². The summed E-state index contributed by atoms with van der Waals surface area (Å²) in [6.45, 7) is 7.51. The Labute approximate surface area is 118 Å². The minimum atomic E-state index is -0.114. The average Bonchev–Trinajstić information content (AvgIpc) is 2.77. The number of carbonyl (C=O) groups excluding carboxylic acids is 1. The SMILES string of the molecule is CC(Cl)/C=C/C(=O)N(Cc1cccs1)CC(C)C. The number of amides is 1. The fourth-order valence-corrected chi connectivity index (χ4v) is 2.38. The van der Waals surface area contributed by atoms with Crippen LogP contribution in [-0.4, -0.2) is 22.7 Å². The van der Waals surface area contributed by atoms with Crippen LogP contribution in [0.1, 0.15) is 25.6 Å². The van der Waals surface area contributed by atoms with Crippen molar-refractivity contribution in [1.82, 2.24) is 4.90 Å². The Morgan fingerprint density at radius 2 is 2.22 bits per heavy atom. The van der Waals surface area contributed by atoms with Crippen LogP contribution >= 0.6 is 22.9 Å². The molecule has 1 atom stereocenters. The van der Waals surface area contributed by atoms with Gasteiger partial charge in [-0.05, 0) is 24.3 Å². The first-order valence-electron chi connectivity index (χ1n) is 6.12. The van der Waals surface area contributed by atoms with E-state index >= 15 is 0 Å². The molecule has 0 radical (unpaired) electrons. The predicted molar refractivity (Wildman–Crippen MR) is 79.0 cm³/mol. The Bertz CT molecular complexity index is 385. The minimum Gasteiger partial charge on any atom is -0.334 e. The van der Waals surface area contributed by atoms with Crippen molar-refractivity contribution in [2.75, 3.05) is 6.54 Å². The van der Waals surface area contributed by atoms with Crippen LogP contribution in [0, 0.1) is 5.92 Å². The number of hydrogen-bond acceptors (Lipinski definition) is 2. The van der Waals surface area contributed by atoms with Gasteiger partial charge in [-0.2, -0.15) is 0 Å². The van der Waals surface area contributed by atoms with Gasteiger partial charge in [-0.15, -0.1) is 22.9 Å². The quantitative estimate of drug-likeness (QED) is 0.573. The highest BCUT2D eigenvalue weighted by atomic mass is 35.5. The Hall–Kier alpha value is -0.800. The van der Waals surface area contributed by atoms with Gasteiger partial charge in [0.25, 0.3) is 0 Å². The molecule has 0 N–H and O–H groups in total. The standard InChI is InChI=1S/C14H20ClNOS/c1-11(2)9-16(10-13-5-4-8-18-13)14(17)7-6-12(3)15/h4-8,11-12H,9-10H2,1-3H3/b7-6+. The molecule has 0 aliphatic carbocycles. The van der Waals surface area contributed by atoms with Gasteiger partial charge in [-0.25, -0.2) is 0 Å².